The average molecular weight is 313 g/mol. The van der Waals surface area contributed by atoms with Gasteiger partial charge in [0.1, 0.15) is 0 Å². The summed E-state index contributed by atoms with van der Waals surface area (Å²) in [5.74, 6) is 0.735. The van der Waals surface area contributed by atoms with Crippen molar-refractivity contribution in [3.8, 4) is 0 Å². The van der Waals surface area contributed by atoms with Gasteiger partial charge in [-0.1, -0.05) is 12.1 Å². The highest BCUT2D eigenvalue weighted by molar-refractivity contribution is 7.89. The summed E-state index contributed by atoms with van der Waals surface area (Å²) in [5.41, 5.74) is 0.921. The molecular weight excluding hydrogens is 290 g/mol. The molecule has 0 heterocycles. The van der Waals surface area contributed by atoms with Crippen LogP contribution in [0.2, 0.25) is 0 Å². The first-order valence-electron chi connectivity index (χ1n) is 7.39. The van der Waals surface area contributed by atoms with Gasteiger partial charge in [0.15, 0.2) is 0 Å². The fraction of sp³-hybridized carbons (Fsp3) is 0.600. The molecule has 6 heteroatoms. The molecule has 1 aromatic rings. The number of hydrogen-bond acceptors (Lipinski definition) is 4. The molecule has 2 rings (SSSR count). The zero-order valence-electron chi connectivity index (χ0n) is 12.1. The van der Waals surface area contributed by atoms with E-state index in [1.807, 2.05) is 0 Å². The van der Waals surface area contributed by atoms with Gasteiger partial charge in [-0.3, -0.25) is 0 Å². The van der Waals surface area contributed by atoms with Crippen molar-refractivity contribution in [2.24, 2.45) is 5.92 Å². The Morgan fingerprint density at radius 3 is 2.57 bits per heavy atom. The maximum Gasteiger partial charge on any atom is 0.240 e. The molecular formula is C15H23NO4S. The number of benzene rings is 1. The van der Waals surface area contributed by atoms with Crippen LogP contribution in [0.5, 0.6) is 0 Å². The molecule has 0 radical (unpaired) electrons. The molecule has 0 bridgehead atoms. The lowest BCUT2D eigenvalue weighted by Gasteiger charge is -2.08. The van der Waals surface area contributed by atoms with Crippen LogP contribution in [-0.4, -0.2) is 39.9 Å². The van der Waals surface area contributed by atoms with Crippen LogP contribution in [0, 0.1) is 5.92 Å². The quantitative estimate of drug-likeness (QED) is 0.639. The van der Waals surface area contributed by atoms with E-state index in [2.05, 4.69) is 4.72 Å². The highest BCUT2D eigenvalue weighted by Gasteiger charge is 2.20. The minimum Gasteiger partial charge on any atom is -0.396 e. The molecule has 2 N–H and O–H groups in total. The van der Waals surface area contributed by atoms with Gasteiger partial charge in [0.05, 0.1) is 4.90 Å². The van der Waals surface area contributed by atoms with Crippen molar-refractivity contribution in [2.45, 2.75) is 30.6 Å². The summed E-state index contributed by atoms with van der Waals surface area (Å²) in [6.45, 7) is 1.84. The Balaban J connectivity index is 1.72. The summed E-state index contributed by atoms with van der Waals surface area (Å²) >= 11 is 0. The van der Waals surface area contributed by atoms with Gasteiger partial charge in [0.2, 0.25) is 10.0 Å². The summed E-state index contributed by atoms with van der Waals surface area (Å²) in [5, 5.41) is 8.83. The number of hydrogen-bond donors (Lipinski definition) is 2. The minimum absolute atomic E-state index is 0.0607. The third-order valence-corrected chi connectivity index (χ3v) is 4.92. The van der Waals surface area contributed by atoms with Crippen molar-refractivity contribution in [1.29, 1.82) is 0 Å². The maximum atomic E-state index is 12.1. The molecule has 0 aliphatic heterocycles. The molecule has 5 nitrogen and oxygen atoms in total. The third-order valence-electron chi connectivity index (χ3n) is 3.44. The second-order valence-electron chi connectivity index (χ2n) is 5.39. The van der Waals surface area contributed by atoms with E-state index in [0.29, 0.717) is 26.0 Å². The lowest BCUT2D eigenvalue weighted by molar-refractivity contribution is 0.123. The van der Waals surface area contributed by atoms with E-state index in [-0.39, 0.29) is 11.5 Å². The summed E-state index contributed by atoms with van der Waals surface area (Å²) in [4.78, 5) is 0.253. The monoisotopic (exact) mass is 313 g/mol. The predicted molar refractivity (Wildman–Crippen MR) is 80.6 cm³/mol. The van der Waals surface area contributed by atoms with Crippen LogP contribution in [0.15, 0.2) is 29.2 Å². The molecule has 0 spiro atoms. The molecule has 0 atom stereocenters. The molecule has 0 unspecified atom stereocenters. The molecule has 1 aliphatic carbocycles. The van der Waals surface area contributed by atoms with Gasteiger partial charge in [0, 0.05) is 26.4 Å². The molecule has 0 aromatic heterocycles. The fourth-order valence-electron chi connectivity index (χ4n) is 1.96. The summed E-state index contributed by atoms with van der Waals surface area (Å²) in [6, 6.07) is 6.58. The van der Waals surface area contributed by atoms with E-state index in [4.69, 9.17) is 9.84 Å². The standard InChI is InChI=1S/C15H23NO4S/c17-10-8-13-4-6-15(7-5-13)21(18,19)16-9-1-11-20-12-14-2-3-14/h4-7,14,16-17H,1-3,8-12H2. The van der Waals surface area contributed by atoms with E-state index in [0.717, 1.165) is 18.1 Å². The van der Waals surface area contributed by atoms with Crippen molar-refractivity contribution in [3.63, 3.8) is 0 Å². The number of aliphatic hydroxyl groups is 1. The molecule has 0 amide bonds. The van der Waals surface area contributed by atoms with Gasteiger partial charge in [-0.05, 0) is 49.3 Å². The smallest absolute Gasteiger partial charge is 0.240 e. The Bertz CT molecular complexity index is 523. The summed E-state index contributed by atoms with van der Waals surface area (Å²) < 4.78 is 32.1. The van der Waals surface area contributed by atoms with Gasteiger partial charge < -0.3 is 9.84 Å². The lowest BCUT2D eigenvalue weighted by Crippen LogP contribution is -2.25. The lowest BCUT2D eigenvalue weighted by atomic mass is 10.2. The molecule has 0 saturated heterocycles. The zero-order valence-corrected chi connectivity index (χ0v) is 12.9. The highest BCUT2D eigenvalue weighted by Crippen LogP contribution is 2.28. The largest absolute Gasteiger partial charge is 0.396 e. The van der Waals surface area contributed by atoms with E-state index >= 15 is 0 Å². The first-order chi connectivity index (χ1) is 10.1. The van der Waals surface area contributed by atoms with Crippen molar-refractivity contribution >= 4 is 10.0 Å². The van der Waals surface area contributed by atoms with Crippen molar-refractivity contribution in [3.05, 3.63) is 29.8 Å². The van der Waals surface area contributed by atoms with Crippen LogP contribution in [0.1, 0.15) is 24.8 Å². The predicted octanol–water partition coefficient (Wildman–Crippen LogP) is 1.32. The zero-order chi connectivity index (χ0) is 15.1. The summed E-state index contributed by atoms with van der Waals surface area (Å²) in [6.07, 6.45) is 3.73. The van der Waals surface area contributed by atoms with Gasteiger partial charge in [0.25, 0.3) is 0 Å². The number of rotatable bonds is 10. The number of sulfonamides is 1. The first kappa shape index (κ1) is 16.4. The number of nitrogens with one attached hydrogen (secondary N) is 1. The molecule has 21 heavy (non-hydrogen) atoms. The van der Waals surface area contributed by atoms with Gasteiger partial charge in [-0.2, -0.15) is 0 Å². The maximum absolute atomic E-state index is 12.1. The molecule has 1 aromatic carbocycles. The van der Waals surface area contributed by atoms with Gasteiger partial charge in [-0.15, -0.1) is 0 Å². The first-order valence-corrected chi connectivity index (χ1v) is 8.87. The van der Waals surface area contributed by atoms with E-state index < -0.39 is 10.0 Å². The minimum atomic E-state index is -3.45. The molecule has 1 saturated carbocycles. The van der Waals surface area contributed by atoms with Crippen LogP contribution < -0.4 is 4.72 Å². The second-order valence-corrected chi connectivity index (χ2v) is 7.15. The van der Waals surface area contributed by atoms with E-state index in [1.54, 1.807) is 24.3 Å². The Labute approximate surface area is 126 Å². The number of ether oxygens (including phenoxy) is 1. The Morgan fingerprint density at radius 2 is 1.95 bits per heavy atom. The third kappa shape index (κ3) is 5.74. The molecule has 1 fully saturated rings. The van der Waals surface area contributed by atoms with Crippen molar-refractivity contribution < 1.29 is 18.3 Å². The number of aliphatic hydroxyl groups excluding tert-OH is 1. The van der Waals surface area contributed by atoms with E-state index in [1.165, 1.54) is 12.8 Å². The summed E-state index contributed by atoms with van der Waals surface area (Å²) in [7, 11) is -3.45. The van der Waals surface area contributed by atoms with Crippen LogP contribution >= 0.6 is 0 Å². The van der Waals surface area contributed by atoms with Crippen LogP contribution in [-0.2, 0) is 21.2 Å². The van der Waals surface area contributed by atoms with Gasteiger partial charge >= 0.3 is 0 Å². The second kappa shape index (κ2) is 7.89. The Morgan fingerprint density at radius 1 is 1.24 bits per heavy atom. The molecule has 1 aliphatic rings. The van der Waals surface area contributed by atoms with Crippen LogP contribution in [0.4, 0.5) is 0 Å². The highest BCUT2D eigenvalue weighted by atomic mass is 32.2. The van der Waals surface area contributed by atoms with Crippen LogP contribution in [0.3, 0.4) is 0 Å². The topological polar surface area (TPSA) is 75.6 Å². The van der Waals surface area contributed by atoms with Crippen molar-refractivity contribution in [1.82, 2.24) is 4.72 Å². The average Bonchev–Trinajstić information content (AvgIpc) is 3.28. The normalized spacial score (nSPS) is 15.3. The van der Waals surface area contributed by atoms with Crippen LogP contribution in [0.25, 0.3) is 0 Å². The van der Waals surface area contributed by atoms with E-state index in [9.17, 15) is 8.42 Å². The Kier molecular flexibility index (Phi) is 6.17. The molecule has 118 valence electrons. The Hall–Kier alpha value is -0.950. The SMILES string of the molecule is O=S(=O)(NCCCOCC1CC1)c1ccc(CCO)cc1. The van der Waals surface area contributed by atoms with Crippen molar-refractivity contribution in [2.75, 3.05) is 26.4 Å². The fourth-order valence-corrected chi connectivity index (χ4v) is 3.04. The van der Waals surface area contributed by atoms with Gasteiger partial charge in [-0.25, -0.2) is 13.1 Å².